The number of carbonyl (C=O) groups excluding carboxylic acids is 2. The van der Waals surface area contributed by atoms with Gasteiger partial charge in [0, 0.05) is 21.6 Å². The number of hydrogen-bond donors (Lipinski definition) is 1. The molecule has 1 atom stereocenters. The Labute approximate surface area is 164 Å². The predicted octanol–water partition coefficient (Wildman–Crippen LogP) is 4.71. The maximum absolute atomic E-state index is 12.6. The summed E-state index contributed by atoms with van der Waals surface area (Å²) in [6, 6.07) is 13.0. The molecule has 1 aliphatic rings. The largest absolute Gasteiger partial charge is 0.507 e. The van der Waals surface area contributed by atoms with E-state index in [0.717, 1.165) is 10.0 Å². The molecule has 0 bridgehead atoms. The summed E-state index contributed by atoms with van der Waals surface area (Å²) >= 11 is 9.26. The quantitative estimate of drug-likeness (QED) is 0.329. The van der Waals surface area contributed by atoms with E-state index in [1.54, 1.807) is 30.3 Å². The van der Waals surface area contributed by atoms with Crippen LogP contribution in [0.1, 0.15) is 17.2 Å². The number of amides is 1. The highest BCUT2D eigenvalue weighted by atomic mass is 79.9. The lowest BCUT2D eigenvalue weighted by molar-refractivity contribution is -0.139. The van der Waals surface area contributed by atoms with Crippen molar-refractivity contribution in [1.82, 2.24) is 4.90 Å². The van der Waals surface area contributed by atoms with E-state index in [-0.39, 0.29) is 17.9 Å². The van der Waals surface area contributed by atoms with Crippen molar-refractivity contribution in [1.29, 1.82) is 0 Å². The smallest absolute Gasteiger partial charge is 0.295 e. The number of aliphatic hydroxyl groups is 1. The molecule has 2 aromatic carbocycles. The standard InChI is InChI=1S/C20H15BrClNO3/c1-2-11-23-17(12-3-7-14(21)8-4-12)16(19(25)20(23)26)18(24)13-5-9-15(22)10-6-13/h2-10,17,24H,1,11H2/b18-16+/t17-/m1/s1. The second-order valence-corrected chi connectivity index (χ2v) is 7.15. The van der Waals surface area contributed by atoms with E-state index in [2.05, 4.69) is 22.5 Å². The monoisotopic (exact) mass is 431 g/mol. The minimum atomic E-state index is -0.716. The fourth-order valence-corrected chi connectivity index (χ4v) is 3.35. The first-order valence-corrected chi connectivity index (χ1v) is 9.02. The topological polar surface area (TPSA) is 57.6 Å². The molecule has 132 valence electrons. The number of nitrogens with zero attached hydrogens (tertiary/aromatic N) is 1. The van der Waals surface area contributed by atoms with Crippen LogP contribution in [0.25, 0.3) is 5.76 Å². The summed E-state index contributed by atoms with van der Waals surface area (Å²) < 4.78 is 0.875. The zero-order valence-electron chi connectivity index (χ0n) is 13.7. The van der Waals surface area contributed by atoms with Crippen LogP contribution in [0.4, 0.5) is 0 Å². The molecule has 0 spiro atoms. The lowest BCUT2D eigenvalue weighted by Gasteiger charge is -2.24. The van der Waals surface area contributed by atoms with E-state index in [1.165, 1.54) is 4.90 Å². The number of benzene rings is 2. The van der Waals surface area contributed by atoms with Crippen LogP contribution in [-0.4, -0.2) is 28.2 Å². The van der Waals surface area contributed by atoms with Gasteiger partial charge >= 0.3 is 0 Å². The van der Waals surface area contributed by atoms with Gasteiger partial charge in [0.1, 0.15) is 5.76 Å². The SMILES string of the molecule is C=CCN1C(=O)C(=O)/C(=C(/O)c2ccc(Cl)cc2)[C@H]1c1ccc(Br)cc1. The number of halogens is 2. The third kappa shape index (κ3) is 3.32. The van der Waals surface area contributed by atoms with Gasteiger partial charge in [-0.1, -0.05) is 45.7 Å². The highest BCUT2D eigenvalue weighted by Crippen LogP contribution is 2.39. The number of rotatable bonds is 4. The lowest BCUT2D eigenvalue weighted by Crippen LogP contribution is -2.29. The summed E-state index contributed by atoms with van der Waals surface area (Å²) in [5, 5.41) is 11.3. The number of aliphatic hydroxyl groups excluding tert-OH is 1. The molecule has 0 radical (unpaired) electrons. The van der Waals surface area contributed by atoms with E-state index in [1.807, 2.05) is 24.3 Å². The van der Waals surface area contributed by atoms with E-state index in [0.29, 0.717) is 10.6 Å². The number of Topliss-reactive ketones (excluding diaryl/α,β-unsaturated/α-hetero) is 1. The van der Waals surface area contributed by atoms with Crippen molar-refractivity contribution in [2.24, 2.45) is 0 Å². The van der Waals surface area contributed by atoms with Crippen molar-refractivity contribution in [3.63, 3.8) is 0 Å². The number of ketones is 1. The molecule has 4 nitrogen and oxygen atoms in total. The van der Waals surface area contributed by atoms with E-state index in [4.69, 9.17) is 11.6 Å². The van der Waals surface area contributed by atoms with E-state index >= 15 is 0 Å². The molecule has 1 heterocycles. The van der Waals surface area contributed by atoms with Gasteiger partial charge in [-0.25, -0.2) is 0 Å². The lowest BCUT2D eigenvalue weighted by atomic mass is 9.95. The van der Waals surface area contributed by atoms with Crippen molar-refractivity contribution in [3.05, 3.63) is 87.4 Å². The summed E-state index contributed by atoms with van der Waals surface area (Å²) in [5.74, 6) is -1.60. The van der Waals surface area contributed by atoms with Crippen molar-refractivity contribution in [3.8, 4) is 0 Å². The summed E-state index contributed by atoms with van der Waals surface area (Å²) in [5.41, 5.74) is 1.21. The fourth-order valence-electron chi connectivity index (χ4n) is 2.96. The molecule has 2 aromatic rings. The Morgan fingerprint density at radius 2 is 1.77 bits per heavy atom. The van der Waals surface area contributed by atoms with Gasteiger partial charge < -0.3 is 10.0 Å². The molecule has 0 unspecified atom stereocenters. The normalized spacial score (nSPS) is 19.0. The van der Waals surface area contributed by atoms with Gasteiger partial charge in [-0.3, -0.25) is 9.59 Å². The van der Waals surface area contributed by atoms with Crippen LogP contribution in [0.15, 0.2) is 71.2 Å². The van der Waals surface area contributed by atoms with Gasteiger partial charge in [0.05, 0.1) is 11.6 Å². The number of carbonyl (C=O) groups is 2. The molecule has 0 aromatic heterocycles. The Kier molecular flexibility index (Phi) is 5.30. The van der Waals surface area contributed by atoms with Crippen LogP contribution in [0.5, 0.6) is 0 Å². The zero-order chi connectivity index (χ0) is 18.8. The van der Waals surface area contributed by atoms with Crippen LogP contribution in [-0.2, 0) is 9.59 Å². The van der Waals surface area contributed by atoms with Gasteiger partial charge in [0.15, 0.2) is 0 Å². The Balaban J connectivity index is 2.18. The Bertz CT molecular complexity index is 904. The molecule has 6 heteroatoms. The molecule has 1 N–H and O–H groups in total. The highest BCUT2D eigenvalue weighted by Gasteiger charge is 2.45. The first kappa shape index (κ1) is 18.4. The van der Waals surface area contributed by atoms with Crippen LogP contribution < -0.4 is 0 Å². The van der Waals surface area contributed by atoms with Crippen LogP contribution in [0.3, 0.4) is 0 Å². The van der Waals surface area contributed by atoms with E-state index in [9.17, 15) is 14.7 Å². The van der Waals surface area contributed by atoms with Gasteiger partial charge in [-0.15, -0.1) is 6.58 Å². The van der Waals surface area contributed by atoms with Crippen LogP contribution in [0.2, 0.25) is 5.02 Å². The van der Waals surface area contributed by atoms with Gasteiger partial charge in [0.25, 0.3) is 11.7 Å². The van der Waals surface area contributed by atoms with Crippen molar-refractivity contribution in [2.45, 2.75) is 6.04 Å². The summed E-state index contributed by atoms with van der Waals surface area (Å²) in [6.45, 7) is 3.85. The summed E-state index contributed by atoms with van der Waals surface area (Å²) in [6.07, 6.45) is 1.55. The molecule has 1 saturated heterocycles. The first-order valence-electron chi connectivity index (χ1n) is 7.84. The van der Waals surface area contributed by atoms with E-state index < -0.39 is 17.7 Å². The van der Waals surface area contributed by atoms with Gasteiger partial charge in [-0.05, 0) is 42.0 Å². The maximum Gasteiger partial charge on any atom is 0.295 e. The Morgan fingerprint density at radius 1 is 1.15 bits per heavy atom. The van der Waals surface area contributed by atoms with Crippen LogP contribution >= 0.6 is 27.5 Å². The molecule has 1 fully saturated rings. The summed E-state index contributed by atoms with van der Waals surface area (Å²) in [4.78, 5) is 26.5. The molecular formula is C20H15BrClNO3. The number of hydrogen-bond acceptors (Lipinski definition) is 3. The average Bonchev–Trinajstić information content (AvgIpc) is 2.88. The second-order valence-electron chi connectivity index (χ2n) is 5.80. The third-order valence-corrected chi connectivity index (χ3v) is 4.95. The fraction of sp³-hybridized carbons (Fsp3) is 0.100. The highest BCUT2D eigenvalue weighted by molar-refractivity contribution is 9.10. The molecule has 0 aliphatic carbocycles. The van der Waals surface area contributed by atoms with Crippen LogP contribution in [0, 0.1) is 0 Å². The molecule has 26 heavy (non-hydrogen) atoms. The van der Waals surface area contributed by atoms with Crippen molar-refractivity contribution < 1.29 is 14.7 Å². The molecule has 3 rings (SSSR count). The Hall–Kier alpha value is -2.37. The minimum absolute atomic E-state index is 0.0569. The predicted molar refractivity (Wildman–Crippen MR) is 105 cm³/mol. The molecule has 1 aliphatic heterocycles. The second kappa shape index (κ2) is 7.48. The third-order valence-electron chi connectivity index (χ3n) is 4.17. The average molecular weight is 433 g/mol. The minimum Gasteiger partial charge on any atom is -0.507 e. The van der Waals surface area contributed by atoms with Crippen molar-refractivity contribution >= 4 is 45.0 Å². The molecule has 1 amide bonds. The van der Waals surface area contributed by atoms with Gasteiger partial charge in [0.2, 0.25) is 0 Å². The summed E-state index contributed by atoms with van der Waals surface area (Å²) in [7, 11) is 0. The Morgan fingerprint density at radius 3 is 2.35 bits per heavy atom. The van der Waals surface area contributed by atoms with Gasteiger partial charge in [-0.2, -0.15) is 0 Å². The van der Waals surface area contributed by atoms with Crippen molar-refractivity contribution in [2.75, 3.05) is 6.54 Å². The first-order chi connectivity index (χ1) is 12.4. The zero-order valence-corrected chi connectivity index (χ0v) is 16.0. The molecular weight excluding hydrogens is 418 g/mol. The number of likely N-dealkylation sites (tertiary alicyclic amines) is 1. The molecule has 0 saturated carbocycles. The maximum atomic E-state index is 12.6.